The molecule has 3 rings (SSSR count). The number of alkyl halides is 3. The Morgan fingerprint density at radius 1 is 0.500 bits per heavy atom. The zero-order valence-corrected chi connectivity index (χ0v) is 15.3. The second-order valence-electron chi connectivity index (χ2n) is 5.15. The maximum absolute atomic E-state index is 14.5. The predicted octanol–water partition coefficient (Wildman–Crippen LogP) is 5.08. The van der Waals surface area contributed by atoms with Crippen molar-refractivity contribution >= 4 is 40.2 Å². The maximum Gasteiger partial charge on any atom is 0.524 e. The lowest BCUT2D eigenvalue weighted by Crippen LogP contribution is -2.40. The fourth-order valence-electron chi connectivity index (χ4n) is 2.84. The smallest absolute Gasteiger partial charge is 0.134 e. The molecular weight excluding hydrogens is 396 g/mol. The van der Waals surface area contributed by atoms with E-state index in [1.54, 1.807) is 91.0 Å². The van der Waals surface area contributed by atoms with E-state index in [0.29, 0.717) is 15.9 Å². The monoisotopic (exact) mass is 411 g/mol. The fraction of sp³-hybridized carbons (Fsp3) is 0.0526. The summed E-state index contributed by atoms with van der Waals surface area (Å²) in [5.74, 6) is -4.36. The molecule has 124 valence electrons. The van der Waals surface area contributed by atoms with Gasteiger partial charge < -0.3 is 0 Å². The Balaban J connectivity index is 0.00000208. The van der Waals surface area contributed by atoms with Crippen LogP contribution in [0, 0.1) is 0 Å². The average molecular weight is 412 g/mol. The van der Waals surface area contributed by atoms with Gasteiger partial charge in [-0.2, -0.15) is 0 Å². The molecule has 0 spiro atoms. The van der Waals surface area contributed by atoms with Crippen molar-refractivity contribution in [2.24, 2.45) is 0 Å². The molecule has 0 saturated heterocycles. The van der Waals surface area contributed by atoms with Crippen LogP contribution in [0.15, 0.2) is 91.0 Å². The number of hydrogen-bond donors (Lipinski definition) is 0. The van der Waals surface area contributed by atoms with E-state index in [0.717, 1.165) is 0 Å². The van der Waals surface area contributed by atoms with Crippen molar-refractivity contribution in [3.8, 4) is 0 Å². The molecule has 0 nitrogen and oxygen atoms in total. The minimum absolute atomic E-state index is 0. The van der Waals surface area contributed by atoms with Crippen LogP contribution >= 0.6 is 24.2 Å². The van der Waals surface area contributed by atoms with Crippen LogP contribution in [0.1, 0.15) is 0 Å². The maximum atomic E-state index is 14.5. The summed E-state index contributed by atoms with van der Waals surface area (Å²) in [6.45, 7) is 0. The zero-order valence-electron chi connectivity index (χ0n) is 12.6. The minimum atomic E-state index is -4.36. The Hall–Kier alpha value is -1.64. The van der Waals surface area contributed by atoms with Gasteiger partial charge >= 0.3 is 5.92 Å². The van der Waals surface area contributed by atoms with Gasteiger partial charge in [-0.1, -0.05) is 54.6 Å². The van der Waals surface area contributed by atoms with Crippen molar-refractivity contribution < 1.29 is 13.2 Å². The topological polar surface area (TPSA) is 0 Å². The molecule has 0 bridgehead atoms. The van der Waals surface area contributed by atoms with Crippen LogP contribution in [0.3, 0.4) is 0 Å². The van der Waals surface area contributed by atoms with Crippen LogP contribution in [-0.4, -0.2) is 5.92 Å². The molecule has 0 aliphatic carbocycles. The first-order valence-corrected chi connectivity index (χ1v) is 8.98. The van der Waals surface area contributed by atoms with E-state index in [4.69, 9.17) is 0 Å². The summed E-state index contributed by atoms with van der Waals surface area (Å²) in [7, 11) is -3.74. The van der Waals surface area contributed by atoms with E-state index in [2.05, 4.69) is 0 Å². The SMILES string of the molecule is Br.FC(F)(F)[P+](c1ccccc1)(c1ccccc1)c1ccccc1. The predicted molar refractivity (Wildman–Crippen MR) is 102 cm³/mol. The molecule has 0 aliphatic heterocycles. The van der Waals surface area contributed by atoms with Gasteiger partial charge in [0.2, 0.25) is 7.26 Å². The van der Waals surface area contributed by atoms with Crippen molar-refractivity contribution in [1.29, 1.82) is 0 Å². The van der Waals surface area contributed by atoms with E-state index in [-0.39, 0.29) is 17.0 Å². The van der Waals surface area contributed by atoms with Crippen molar-refractivity contribution in [2.75, 3.05) is 0 Å². The van der Waals surface area contributed by atoms with E-state index >= 15 is 0 Å². The highest BCUT2D eigenvalue weighted by Gasteiger charge is 2.67. The van der Waals surface area contributed by atoms with Gasteiger partial charge in [0.05, 0.1) is 0 Å². The van der Waals surface area contributed by atoms with Crippen molar-refractivity contribution in [2.45, 2.75) is 5.92 Å². The molecule has 24 heavy (non-hydrogen) atoms. The van der Waals surface area contributed by atoms with Crippen molar-refractivity contribution in [3.05, 3.63) is 91.0 Å². The summed E-state index contributed by atoms with van der Waals surface area (Å²) < 4.78 is 43.4. The van der Waals surface area contributed by atoms with Crippen LogP contribution in [0.2, 0.25) is 0 Å². The number of rotatable bonds is 3. The molecule has 3 aromatic carbocycles. The second kappa shape index (κ2) is 7.50. The normalized spacial score (nSPS) is 11.6. The Morgan fingerprint density at radius 2 is 0.750 bits per heavy atom. The van der Waals surface area contributed by atoms with Gasteiger partial charge in [-0.15, -0.1) is 30.2 Å². The third kappa shape index (κ3) is 3.13. The lowest BCUT2D eigenvalue weighted by molar-refractivity contribution is -0.0400. The standard InChI is InChI=1S/C19H15F3P.BrH/c20-19(21,22)23(16-10-4-1-5-11-16,17-12-6-2-7-13-17)18-14-8-3-9-15-18;/h1-15H;1H/q+1;. The molecule has 0 atom stereocenters. The lowest BCUT2D eigenvalue weighted by Gasteiger charge is -2.28. The Bertz CT molecular complexity index is 662. The Kier molecular flexibility index (Phi) is 5.84. The van der Waals surface area contributed by atoms with Gasteiger partial charge in [0.15, 0.2) is 0 Å². The van der Waals surface area contributed by atoms with Gasteiger partial charge in [-0.3, -0.25) is 0 Å². The molecule has 0 aromatic heterocycles. The van der Waals surface area contributed by atoms with Gasteiger partial charge in [-0.05, 0) is 36.4 Å². The quantitative estimate of drug-likeness (QED) is 0.527. The van der Waals surface area contributed by atoms with Gasteiger partial charge in [-0.25, -0.2) is 0 Å². The van der Waals surface area contributed by atoms with Crippen LogP contribution in [0.5, 0.6) is 0 Å². The molecule has 0 N–H and O–H groups in total. The lowest BCUT2D eigenvalue weighted by atomic mass is 10.4. The van der Waals surface area contributed by atoms with E-state index in [1.165, 1.54) is 0 Å². The van der Waals surface area contributed by atoms with Gasteiger partial charge in [0.25, 0.3) is 0 Å². The van der Waals surface area contributed by atoms with E-state index in [9.17, 15) is 13.2 Å². The number of benzene rings is 3. The molecule has 3 aromatic rings. The highest BCUT2D eigenvalue weighted by atomic mass is 79.9. The summed E-state index contributed by atoms with van der Waals surface area (Å²) in [6.07, 6.45) is 0. The first-order chi connectivity index (χ1) is 11.1. The summed E-state index contributed by atoms with van der Waals surface area (Å²) in [5, 5.41) is 0.972. The van der Waals surface area contributed by atoms with Crippen molar-refractivity contribution in [1.82, 2.24) is 0 Å². The Labute approximate surface area is 150 Å². The van der Waals surface area contributed by atoms with Crippen LogP contribution in [-0.2, 0) is 0 Å². The summed E-state index contributed by atoms with van der Waals surface area (Å²) in [5.41, 5.74) is 0. The highest BCUT2D eigenvalue weighted by Crippen LogP contribution is 2.67. The molecule has 0 saturated carbocycles. The number of halogens is 4. The molecule has 5 heteroatoms. The molecular formula is C19H16BrF3P+. The fourth-order valence-corrected chi connectivity index (χ4v) is 6.47. The molecule has 0 amide bonds. The van der Waals surface area contributed by atoms with Crippen molar-refractivity contribution in [3.63, 3.8) is 0 Å². The second-order valence-corrected chi connectivity index (χ2v) is 8.54. The summed E-state index contributed by atoms with van der Waals surface area (Å²) in [4.78, 5) is 0. The van der Waals surface area contributed by atoms with E-state index in [1.807, 2.05) is 0 Å². The molecule has 0 unspecified atom stereocenters. The molecule has 0 radical (unpaired) electrons. The molecule has 0 heterocycles. The van der Waals surface area contributed by atoms with E-state index < -0.39 is 13.2 Å². The largest absolute Gasteiger partial charge is 0.524 e. The number of hydrogen-bond acceptors (Lipinski definition) is 0. The molecule has 0 fully saturated rings. The highest BCUT2D eigenvalue weighted by molar-refractivity contribution is 8.93. The summed E-state index contributed by atoms with van der Waals surface area (Å²) in [6, 6.07) is 24.7. The first-order valence-electron chi connectivity index (χ1n) is 7.19. The minimum Gasteiger partial charge on any atom is -0.134 e. The van der Waals surface area contributed by atoms with Gasteiger partial charge in [0, 0.05) is 0 Å². The first kappa shape index (κ1) is 18.7. The van der Waals surface area contributed by atoms with Gasteiger partial charge in [0.1, 0.15) is 15.9 Å². The average Bonchev–Trinajstić information content (AvgIpc) is 2.57. The third-order valence-corrected chi connectivity index (χ3v) is 7.79. The van der Waals surface area contributed by atoms with Crippen LogP contribution in [0.25, 0.3) is 0 Å². The molecule has 0 aliphatic rings. The summed E-state index contributed by atoms with van der Waals surface area (Å²) >= 11 is 0. The third-order valence-electron chi connectivity index (χ3n) is 3.81. The zero-order chi connectivity index (χ0) is 16.3. The van der Waals surface area contributed by atoms with Crippen LogP contribution in [0.4, 0.5) is 13.2 Å². The Morgan fingerprint density at radius 3 is 0.958 bits per heavy atom. The van der Waals surface area contributed by atoms with Crippen LogP contribution < -0.4 is 15.9 Å².